The number of aromatic nitrogens is 2. The van der Waals surface area contributed by atoms with Gasteiger partial charge in [-0.2, -0.15) is 0 Å². The number of imidazole rings is 1. The lowest BCUT2D eigenvalue weighted by Gasteiger charge is -2.00. The van der Waals surface area contributed by atoms with Crippen LogP contribution in [0.25, 0.3) is 22.4 Å². The molecule has 3 rings (SSSR count). The van der Waals surface area contributed by atoms with Crippen molar-refractivity contribution < 1.29 is 4.39 Å². The van der Waals surface area contributed by atoms with E-state index in [1.54, 1.807) is 6.07 Å². The Bertz CT molecular complexity index is 780. The molecule has 1 heterocycles. The molecule has 2 nitrogen and oxygen atoms in total. The van der Waals surface area contributed by atoms with E-state index in [-0.39, 0.29) is 5.82 Å². The van der Waals surface area contributed by atoms with E-state index >= 15 is 0 Å². The van der Waals surface area contributed by atoms with Gasteiger partial charge in [-0.1, -0.05) is 15.9 Å². The first-order chi connectivity index (χ1) is 9.04. The molecule has 0 unspecified atom stereocenters. The van der Waals surface area contributed by atoms with Gasteiger partial charge >= 0.3 is 0 Å². The number of hydrogen-bond donors (Lipinski definition) is 1. The average Bonchev–Trinajstić information content (AvgIpc) is 2.72. The number of benzene rings is 2. The molecule has 0 spiro atoms. The van der Waals surface area contributed by atoms with Crippen molar-refractivity contribution in [3.63, 3.8) is 0 Å². The Morgan fingerprint density at radius 1 is 1.16 bits per heavy atom. The van der Waals surface area contributed by atoms with Gasteiger partial charge in [0.1, 0.15) is 11.6 Å². The molecule has 0 saturated heterocycles. The summed E-state index contributed by atoms with van der Waals surface area (Å²) >= 11 is 6.83. The number of aromatic amines is 1. The number of nitrogens with zero attached hydrogens (tertiary/aromatic N) is 1. The van der Waals surface area contributed by atoms with Gasteiger partial charge in [-0.15, -0.1) is 0 Å². The fraction of sp³-hybridized carbons (Fsp3) is 0.0714. The number of rotatable bonds is 1. The first kappa shape index (κ1) is 12.8. The van der Waals surface area contributed by atoms with Crippen molar-refractivity contribution in [3.05, 3.63) is 50.7 Å². The molecule has 96 valence electrons. The first-order valence-corrected chi connectivity index (χ1v) is 7.24. The maximum Gasteiger partial charge on any atom is 0.139 e. The highest BCUT2D eigenvalue weighted by atomic mass is 79.9. The van der Waals surface area contributed by atoms with Crippen LogP contribution in [-0.2, 0) is 0 Å². The molecule has 0 fully saturated rings. The zero-order chi connectivity index (χ0) is 13.6. The Labute approximate surface area is 126 Å². The van der Waals surface area contributed by atoms with Crippen LogP contribution in [0.2, 0.25) is 0 Å². The Morgan fingerprint density at radius 3 is 2.68 bits per heavy atom. The SMILES string of the molecule is Cc1cc(Br)cc2[nH]c(-c3ccc(F)cc3Br)nc12. The fourth-order valence-corrected chi connectivity index (χ4v) is 3.17. The molecular formula is C14H9Br2FN2. The number of fused-ring (bicyclic) bond motifs is 1. The molecule has 0 saturated carbocycles. The summed E-state index contributed by atoms with van der Waals surface area (Å²) in [6.07, 6.45) is 0. The molecule has 0 aliphatic carbocycles. The van der Waals surface area contributed by atoms with Crippen molar-refractivity contribution in [2.45, 2.75) is 6.92 Å². The monoisotopic (exact) mass is 382 g/mol. The van der Waals surface area contributed by atoms with Crippen LogP contribution in [0.1, 0.15) is 5.56 Å². The lowest BCUT2D eigenvalue weighted by atomic mass is 10.2. The second-order valence-electron chi connectivity index (χ2n) is 4.33. The van der Waals surface area contributed by atoms with Gasteiger partial charge in [0.15, 0.2) is 0 Å². The molecule has 0 bridgehead atoms. The number of hydrogen-bond acceptors (Lipinski definition) is 1. The van der Waals surface area contributed by atoms with E-state index in [4.69, 9.17) is 0 Å². The standard InChI is InChI=1S/C14H9Br2FN2/c1-7-4-8(15)5-12-13(7)19-14(18-12)10-3-2-9(17)6-11(10)16/h2-6H,1H3,(H,18,19). The molecule has 5 heteroatoms. The molecule has 3 aromatic rings. The third-order valence-electron chi connectivity index (χ3n) is 2.93. The molecule has 0 atom stereocenters. The molecule has 1 N–H and O–H groups in total. The molecule has 0 radical (unpaired) electrons. The number of H-pyrrole nitrogens is 1. The van der Waals surface area contributed by atoms with Gasteiger partial charge < -0.3 is 4.98 Å². The summed E-state index contributed by atoms with van der Waals surface area (Å²) in [5, 5.41) is 0. The summed E-state index contributed by atoms with van der Waals surface area (Å²) in [4.78, 5) is 7.85. The van der Waals surface area contributed by atoms with Crippen LogP contribution in [0, 0.1) is 12.7 Å². The van der Waals surface area contributed by atoms with E-state index in [0.29, 0.717) is 4.47 Å². The summed E-state index contributed by atoms with van der Waals surface area (Å²) in [5.41, 5.74) is 3.81. The first-order valence-electron chi connectivity index (χ1n) is 5.66. The van der Waals surface area contributed by atoms with Crippen LogP contribution in [0.3, 0.4) is 0 Å². The highest BCUT2D eigenvalue weighted by Crippen LogP contribution is 2.30. The van der Waals surface area contributed by atoms with Gasteiger partial charge in [0.05, 0.1) is 11.0 Å². The van der Waals surface area contributed by atoms with Gasteiger partial charge in [-0.05, 0) is 58.7 Å². The molecule has 0 aliphatic heterocycles. The van der Waals surface area contributed by atoms with Crippen LogP contribution in [0.5, 0.6) is 0 Å². The van der Waals surface area contributed by atoms with Gasteiger partial charge in [0.2, 0.25) is 0 Å². The van der Waals surface area contributed by atoms with E-state index in [1.165, 1.54) is 12.1 Å². The van der Waals surface area contributed by atoms with Gasteiger partial charge in [0.25, 0.3) is 0 Å². The maximum atomic E-state index is 13.1. The van der Waals surface area contributed by atoms with E-state index in [1.807, 2.05) is 19.1 Å². The number of halogens is 3. The lowest BCUT2D eigenvalue weighted by molar-refractivity contribution is 0.627. The summed E-state index contributed by atoms with van der Waals surface area (Å²) in [7, 11) is 0. The van der Waals surface area contributed by atoms with E-state index in [2.05, 4.69) is 41.8 Å². The normalized spacial score (nSPS) is 11.2. The predicted molar refractivity (Wildman–Crippen MR) is 81.6 cm³/mol. The average molecular weight is 384 g/mol. The predicted octanol–water partition coefficient (Wildman–Crippen LogP) is 5.20. The van der Waals surface area contributed by atoms with Crippen LogP contribution in [0.15, 0.2) is 39.3 Å². The van der Waals surface area contributed by atoms with Crippen molar-refractivity contribution in [1.82, 2.24) is 9.97 Å². The van der Waals surface area contributed by atoms with Crippen molar-refractivity contribution in [2.75, 3.05) is 0 Å². The van der Waals surface area contributed by atoms with Crippen LogP contribution in [0.4, 0.5) is 4.39 Å². The molecule has 0 amide bonds. The number of nitrogens with one attached hydrogen (secondary N) is 1. The Morgan fingerprint density at radius 2 is 1.95 bits per heavy atom. The second kappa shape index (κ2) is 4.72. The van der Waals surface area contributed by atoms with Crippen molar-refractivity contribution in [3.8, 4) is 11.4 Å². The highest BCUT2D eigenvalue weighted by molar-refractivity contribution is 9.10. The highest BCUT2D eigenvalue weighted by Gasteiger charge is 2.11. The van der Waals surface area contributed by atoms with Crippen molar-refractivity contribution in [2.24, 2.45) is 0 Å². The van der Waals surface area contributed by atoms with E-state index in [9.17, 15) is 4.39 Å². The van der Waals surface area contributed by atoms with Gasteiger partial charge in [-0.3, -0.25) is 0 Å². The third-order valence-corrected chi connectivity index (χ3v) is 4.04. The van der Waals surface area contributed by atoms with Gasteiger partial charge in [-0.25, -0.2) is 9.37 Å². The topological polar surface area (TPSA) is 28.7 Å². The minimum atomic E-state index is -0.273. The lowest BCUT2D eigenvalue weighted by Crippen LogP contribution is -1.84. The largest absolute Gasteiger partial charge is 0.338 e. The maximum absolute atomic E-state index is 13.1. The number of aryl methyl sites for hydroxylation is 1. The van der Waals surface area contributed by atoms with Gasteiger partial charge in [0, 0.05) is 14.5 Å². The zero-order valence-corrected chi connectivity index (χ0v) is 13.1. The molecular weight excluding hydrogens is 375 g/mol. The third kappa shape index (κ3) is 2.32. The molecule has 0 aliphatic rings. The molecule has 2 aromatic carbocycles. The fourth-order valence-electron chi connectivity index (χ4n) is 2.06. The summed E-state index contributed by atoms with van der Waals surface area (Å²) < 4.78 is 14.8. The minimum absolute atomic E-state index is 0.273. The minimum Gasteiger partial charge on any atom is -0.338 e. The molecule has 1 aromatic heterocycles. The quantitative estimate of drug-likeness (QED) is 0.614. The summed E-state index contributed by atoms with van der Waals surface area (Å²) in [6.45, 7) is 2.01. The Kier molecular flexibility index (Phi) is 3.19. The van der Waals surface area contributed by atoms with E-state index in [0.717, 1.165) is 32.5 Å². The Balaban J connectivity index is 2.23. The Hall–Kier alpha value is -1.20. The van der Waals surface area contributed by atoms with Crippen molar-refractivity contribution in [1.29, 1.82) is 0 Å². The smallest absolute Gasteiger partial charge is 0.139 e. The van der Waals surface area contributed by atoms with Crippen LogP contribution < -0.4 is 0 Å². The van der Waals surface area contributed by atoms with Crippen LogP contribution >= 0.6 is 31.9 Å². The zero-order valence-electron chi connectivity index (χ0n) is 9.97. The second-order valence-corrected chi connectivity index (χ2v) is 6.10. The van der Waals surface area contributed by atoms with E-state index < -0.39 is 0 Å². The summed E-state index contributed by atoms with van der Waals surface area (Å²) in [6, 6.07) is 8.58. The molecule has 19 heavy (non-hydrogen) atoms. The van der Waals surface area contributed by atoms with Crippen LogP contribution in [-0.4, -0.2) is 9.97 Å². The summed E-state index contributed by atoms with van der Waals surface area (Å²) in [5.74, 6) is 0.453. The van der Waals surface area contributed by atoms with Crippen molar-refractivity contribution >= 4 is 42.9 Å².